The van der Waals surface area contributed by atoms with Crippen molar-refractivity contribution in [3.8, 4) is 0 Å². The van der Waals surface area contributed by atoms with Crippen molar-refractivity contribution in [2.24, 2.45) is 0 Å². The first kappa shape index (κ1) is 34.7. The number of anilines is 1. The Balaban J connectivity index is 1.01. The quantitative estimate of drug-likeness (QED) is 0.154. The Morgan fingerprint density at radius 1 is 0.870 bits per heavy atom. The molecular formula is C31H38N4O10S. The van der Waals surface area contributed by atoms with Gasteiger partial charge in [0.25, 0.3) is 17.7 Å². The van der Waals surface area contributed by atoms with E-state index in [4.69, 9.17) is 14.2 Å². The predicted molar refractivity (Wildman–Crippen MR) is 165 cm³/mol. The topological polar surface area (TPSA) is 187 Å². The zero-order valence-corrected chi connectivity index (χ0v) is 26.4. The molecule has 14 nitrogen and oxygen atoms in total. The van der Waals surface area contributed by atoms with Gasteiger partial charge in [0.05, 0.1) is 42.4 Å². The van der Waals surface area contributed by atoms with Crippen molar-refractivity contribution < 1.29 is 46.6 Å². The van der Waals surface area contributed by atoms with Crippen molar-refractivity contribution in [1.82, 2.24) is 15.5 Å². The molecule has 0 saturated carbocycles. The number of benzene rings is 2. The van der Waals surface area contributed by atoms with E-state index in [1.54, 1.807) is 18.2 Å². The highest BCUT2D eigenvalue weighted by Gasteiger charge is 2.45. The van der Waals surface area contributed by atoms with Crippen LogP contribution in [0, 0.1) is 0 Å². The number of nitrogens with zero attached hydrogens (tertiary/aromatic N) is 1. The van der Waals surface area contributed by atoms with Gasteiger partial charge in [0.1, 0.15) is 6.04 Å². The SMILES string of the molecule is CS(=O)(=O)c1ccc(C(=O)NCCCOCCOCCOCCCNc2cccc3c2C(=O)N(C2CCC(=O)NC2=O)C3=O)cc1. The molecule has 15 heteroatoms. The molecule has 0 bridgehead atoms. The summed E-state index contributed by atoms with van der Waals surface area (Å²) in [7, 11) is -3.31. The van der Waals surface area contributed by atoms with Crippen LogP contribution in [0.1, 0.15) is 56.8 Å². The molecule has 1 saturated heterocycles. The molecule has 1 fully saturated rings. The van der Waals surface area contributed by atoms with Gasteiger partial charge in [-0.2, -0.15) is 0 Å². The molecule has 3 N–H and O–H groups in total. The second kappa shape index (κ2) is 16.4. The summed E-state index contributed by atoms with van der Waals surface area (Å²) in [5.41, 5.74) is 1.32. The third-order valence-corrected chi connectivity index (χ3v) is 8.42. The molecule has 1 atom stereocenters. The maximum atomic E-state index is 13.1. The fourth-order valence-corrected chi connectivity index (χ4v) is 5.56. The van der Waals surface area contributed by atoms with E-state index in [-0.39, 0.29) is 34.8 Å². The number of rotatable bonds is 18. The average molecular weight is 659 g/mol. The standard InChI is InChI=1S/C31H38N4O10S/c1-46(41,42)22-9-7-21(8-10-22)28(37)33-14-4-16-44-18-20-45-19-17-43-15-3-13-32-24-6-2-5-23-27(24)31(40)35(30(23)39)25-11-12-26(36)34-29(25)38/h2,5-10,25,32H,3-4,11-20H2,1H3,(H,33,37)(H,34,36,38). The number of imide groups is 2. The van der Waals surface area contributed by atoms with Crippen LogP contribution in [0.25, 0.3) is 0 Å². The normalized spacial score (nSPS) is 16.4. The highest BCUT2D eigenvalue weighted by atomic mass is 32.2. The first-order valence-electron chi connectivity index (χ1n) is 15.0. The summed E-state index contributed by atoms with van der Waals surface area (Å²) in [6, 6.07) is 9.68. The molecule has 0 radical (unpaired) electrons. The van der Waals surface area contributed by atoms with Crippen LogP contribution in [-0.4, -0.2) is 108 Å². The molecule has 0 aliphatic carbocycles. The van der Waals surface area contributed by atoms with Crippen LogP contribution in [0.15, 0.2) is 47.4 Å². The van der Waals surface area contributed by atoms with Crippen molar-refractivity contribution >= 4 is 45.1 Å². The first-order valence-corrected chi connectivity index (χ1v) is 16.9. The second-order valence-electron chi connectivity index (χ2n) is 10.7. The fraction of sp³-hybridized carbons (Fsp3) is 0.452. The highest BCUT2D eigenvalue weighted by molar-refractivity contribution is 7.90. The average Bonchev–Trinajstić information content (AvgIpc) is 3.28. The molecule has 0 spiro atoms. The molecule has 2 aromatic carbocycles. The molecule has 248 valence electrons. The maximum Gasteiger partial charge on any atom is 0.264 e. The van der Waals surface area contributed by atoms with Gasteiger partial charge >= 0.3 is 0 Å². The molecule has 0 aromatic heterocycles. The van der Waals surface area contributed by atoms with Crippen LogP contribution in [0.3, 0.4) is 0 Å². The lowest BCUT2D eigenvalue weighted by molar-refractivity contribution is -0.136. The highest BCUT2D eigenvalue weighted by Crippen LogP contribution is 2.32. The Morgan fingerprint density at radius 3 is 2.13 bits per heavy atom. The van der Waals surface area contributed by atoms with Gasteiger partial charge in [0.15, 0.2) is 9.84 Å². The van der Waals surface area contributed by atoms with Crippen molar-refractivity contribution in [2.45, 2.75) is 36.6 Å². The van der Waals surface area contributed by atoms with E-state index >= 15 is 0 Å². The third kappa shape index (κ3) is 9.19. The molecule has 5 amide bonds. The van der Waals surface area contributed by atoms with E-state index in [1.165, 1.54) is 24.3 Å². The van der Waals surface area contributed by atoms with Crippen molar-refractivity contribution in [1.29, 1.82) is 0 Å². The lowest BCUT2D eigenvalue weighted by Crippen LogP contribution is -2.54. The Bertz CT molecular complexity index is 1540. The summed E-state index contributed by atoms with van der Waals surface area (Å²) in [5.74, 6) is -2.46. The maximum absolute atomic E-state index is 13.1. The van der Waals surface area contributed by atoms with Gasteiger partial charge in [-0.1, -0.05) is 6.07 Å². The summed E-state index contributed by atoms with van der Waals surface area (Å²) in [6.07, 6.45) is 2.52. The second-order valence-corrected chi connectivity index (χ2v) is 12.7. The third-order valence-electron chi connectivity index (χ3n) is 7.29. The molecule has 2 heterocycles. The lowest BCUT2D eigenvalue weighted by atomic mass is 10.0. The molecule has 2 aliphatic rings. The summed E-state index contributed by atoms with van der Waals surface area (Å²) in [5, 5.41) is 8.13. The van der Waals surface area contributed by atoms with Gasteiger partial charge in [-0.3, -0.25) is 34.2 Å². The predicted octanol–water partition coefficient (Wildman–Crippen LogP) is 1.16. The first-order chi connectivity index (χ1) is 22.1. The van der Waals surface area contributed by atoms with Crippen LogP contribution < -0.4 is 16.0 Å². The largest absolute Gasteiger partial charge is 0.384 e. The van der Waals surface area contributed by atoms with E-state index in [2.05, 4.69) is 16.0 Å². The number of ether oxygens (including phenoxy) is 3. The van der Waals surface area contributed by atoms with E-state index < -0.39 is 39.5 Å². The zero-order chi connectivity index (χ0) is 33.1. The van der Waals surface area contributed by atoms with Gasteiger partial charge < -0.3 is 24.8 Å². The number of carbonyl (C=O) groups is 5. The van der Waals surface area contributed by atoms with Gasteiger partial charge in [-0.15, -0.1) is 0 Å². The van der Waals surface area contributed by atoms with Gasteiger partial charge in [-0.05, 0) is 55.7 Å². The molecular weight excluding hydrogens is 620 g/mol. The van der Waals surface area contributed by atoms with Crippen molar-refractivity contribution in [3.63, 3.8) is 0 Å². The Hall–Kier alpha value is -4.18. The lowest BCUT2D eigenvalue weighted by Gasteiger charge is -2.27. The van der Waals surface area contributed by atoms with Gasteiger partial charge in [-0.25, -0.2) is 8.42 Å². The number of piperidine rings is 1. The molecule has 2 aromatic rings. The number of fused-ring (bicyclic) bond motifs is 1. The molecule has 46 heavy (non-hydrogen) atoms. The van der Waals surface area contributed by atoms with E-state index in [9.17, 15) is 32.4 Å². The van der Waals surface area contributed by atoms with Crippen LogP contribution in [0.5, 0.6) is 0 Å². The van der Waals surface area contributed by atoms with E-state index in [0.717, 1.165) is 11.2 Å². The minimum Gasteiger partial charge on any atom is -0.384 e. The minimum atomic E-state index is -3.31. The Kier molecular flexibility index (Phi) is 12.4. The number of hydrogen-bond donors (Lipinski definition) is 3. The Labute approximate surface area is 267 Å². The number of amides is 5. The number of hydrogen-bond acceptors (Lipinski definition) is 11. The van der Waals surface area contributed by atoms with Gasteiger partial charge in [0.2, 0.25) is 11.8 Å². The molecule has 4 rings (SSSR count). The number of nitrogens with one attached hydrogen (secondary N) is 3. The molecule has 2 aliphatic heterocycles. The summed E-state index contributed by atoms with van der Waals surface area (Å²) in [4.78, 5) is 63.1. The van der Waals surface area contributed by atoms with Crippen molar-refractivity contribution in [2.75, 3.05) is 64.3 Å². The van der Waals surface area contributed by atoms with E-state index in [1.807, 2.05) is 0 Å². The summed E-state index contributed by atoms with van der Waals surface area (Å²) < 4.78 is 39.6. The van der Waals surface area contributed by atoms with Gasteiger partial charge in [0, 0.05) is 50.2 Å². The fourth-order valence-electron chi connectivity index (χ4n) is 4.93. The van der Waals surface area contributed by atoms with Crippen LogP contribution >= 0.6 is 0 Å². The van der Waals surface area contributed by atoms with Crippen LogP contribution in [0.2, 0.25) is 0 Å². The smallest absolute Gasteiger partial charge is 0.264 e. The molecule has 1 unspecified atom stereocenters. The number of sulfone groups is 1. The summed E-state index contributed by atoms with van der Waals surface area (Å²) in [6.45, 7) is 3.37. The zero-order valence-electron chi connectivity index (χ0n) is 25.5. The van der Waals surface area contributed by atoms with Crippen LogP contribution in [-0.2, 0) is 33.6 Å². The monoisotopic (exact) mass is 658 g/mol. The minimum absolute atomic E-state index is 0.0626. The van der Waals surface area contributed by atoms with Crippen LogP contribution in [0.4, 0.5) is 5.69 Å². The number of carbonyl (C=O) groups excluding carboxylic acids is 5. The van der Waals surface area contributed by atoms with Crippen molar-refractivity contribution in [3.05, 3.63) is 59.2 Å². The van der Waals surface area contributed by atoms with E-state index in [0.29, 0.717) is 76.8 Å². The Morgan fingerprint density at radius 2 is 1.50 bits per heavy atom. The summed E-state index contributed by atoms with van der Waals surface area (Å²) >= 11 is 0.